The van der Waals surface area contributed by atoms with Gasteiger partial charge in [-0.2, -0.15) is 0 Å². The van der Waals surface area contributed by atoms with Crippen molar-refractivity contribution in [1.82, 2.24) is 25.1 Å². The molecular weight excluding hydrogens is 571 g/mol. The Bertz CT molecular complexity index is 1320. The highest BCUT2D eigenvalue weighted by Gasteiger charge is 2.24. The van der Waals surface area contributed by atoms with E-state index in [1.54, 1.807) is 30.7 Å². The Morgan fingerprint density at radius 3 is 2.58 bits per heavy atom. The lowest BCUT2D eigenvalue weighted by atomic mass is 9.98. The molecule has 1 aromatic heterocycles. The summed E-state index contributed by atoms with van der Waals surface area (Å²) in [7, 11) is 0. The van der Waals surface area contributed by atoms with Crippen LogP contribution >= 0.6 is 35.4 Å². The molecule has 2 atom stereocenters. The number of amides is 1. The Labute approximate surface area is 250 Å². The minimum atomic E-state index is -0.430. The Morgan fingerprint density at radius 1 is 1.20 bits per heavy atom. The van der Waals surface area contributed by atoms with E-state index in [4.69, 9.17) is 35.4 Å². The third kappa shape index (κ3) is 8.64. The van der Waals surface area contributed by atoms with Gasteiger partial charge in [-0.15, -0.1) is 0 Å². The summed E-state index contributed by atoms with van der Waals surface area (Å²) in [6.07, 6.45) is 4.32. The minimum Gasteiger partial charge on any atom is -0.363 e. The van der Waals surface area contributed by atoms with Gasteiger partial charge in [0.15, 0.2) is 5.11 Å². The maximum Gasteiger partial charge on any atom is 0.269 e. The van der Waals surface area contributed by atoms with Gasteiger partial charge in [0.1, 0.15) is 0 Å². The highest BCUT2D eigenvalue weighted by molar-refractivity contribution is 7.80. The number of imidazole rings is 1. The second kappa shape index (κ2) is 15.0. The summed E-state index contributed by atoms with van der Waals surface area (Å²) in [5.74, 6) is 0.0431. The maximum absolute atomic E-state index is 13.3. The van der Waals surface area contributed by atoms with Gasteiger partial charge in [-0.1, -0.05) is 67.7 Å². The summed E-state index contributed by atoms with van der Waals surface area (Å²) in [5, 5.41) is 18.9. The van der Waals surface area contributed by atoms with Gasteiger partial charge >= 0.3 is 0 Å². The number of aromatic nitrogens is 2. The van der Waals surface area contributed by atoms with Crippen molar-refractivity contribution in [2.24, 2.45) is 5.92 Å². The van der Waals surface area contributed by atoms with E-state index < -0.39 is 4.92 Å². The molecule has 2 N–H and O–H groups in total. The molecule has 9 nitrogen and oxygen atoms in total. The molecule has 0 unspecified atom stereocenters. The van der Waals surface area contributed by atoms with E-state index >= 15 is 0 Å². The van der Waals surface area contributed by atoms with Crippen molar-refractivity contribution >= 4 is 52.1 Å². The molecule has 1 amide bonds. The van der Waals surface area contributed by atoms with Crippen LogP contribution in [0.3, 0.4) is 0 Å². The number of nitrogens with one attached hydrogen (secondary N) is 2. The molecule has 0 radical (unpaired) electrons. The average Bonchev–Trinajstić information content (AvgIpc) is 3.36. The van der Waals surface area contributed by atoms with Crippen LogP contribution in [-0.2, 0) is 24.3 Å². The fourth-order valence-electron chi connectivity index (χ4n) is 4.23. The molecule has 0 aliphatic rings. The number of carbonyl (C=O) groups is 1. The van der Waals surface area contributed by atoms with Gasteiger partial charge in [-0.05, 0) is 42.3 Å². The first-order chi connectivity index (χ1) is 19.1. The SMILES string of the molecule is CCNC(=S)N(Cc1cccc(Cl)c1Cl)C[C@@H](NC(=O)Cc1cncn1Cc1ccc([N+](=O)[O-])cc1)[C@@H](C)CC. The zero-order valence-electron chi connectivity index (χ0n) is 22.8. The summed E-state index contributed by atoms with van der Waals surface area (Å²) in [6, 6.07) is 11.7. The smallest absolute Gasteiger partial charge is 0.269 e. The molecule has 0 bridgehead atoms. The van der Waals surface area contributed by atoms with Crippen molar-refractivity contribution < 1.29 is 9.72 Å². The zero-order chi connectivity index (χ0) is 29.2. The fourth-order valence-corrected chi connectivity index (χ4v) is 4.89. The van der Waals surface area contributed by atoms with Crippen molar-refractivity contribution in [3.05, 3.63) is 92.0 Å². The first-order valence-electron chi connectivity index (χ1n) is 13.1. The number of thiocarbonyl (C=S) groups is 1. The molecule has 0 aliphatic heterocycles. The Balaban J connectivity index is 1.72. The number of nitro groups is 1. The molecule has 12 heteroatoms. The number of nitro benzene ring substituents is 1. The lowest BCUT2D eigenvalue weighted by Gasteiger charge is -2.33. The number of nitrogens with zero attached hydrogens (tertiary/aromatic N) is 4. The van der Waals surface area contributed by atoms with Gasteiger partial charge in [0.25, 0.3) is 5.69 Å². The van der Waals surface area contributed by atoms with Crippen LogP contribution in [-0.4, -0.2) is 49.5 Å². The van der Waals surface area contributed by atoms with Gasteiger partial charge in [0, 0.05) is 56.2 Å². The number of benzene rings is 2. The molecule has 3 aromatic rings. The van der Waals surface area contributed by atoms with E-state index in [2.05, 4.69) is 29.5 Å². The molecule has 0 saturated heterocycles. The van der Waals surface area contributed by atoms with Crippen LogP contribution in [0, 0.1) is 16.0 Å². The maximum atomic E-state index is 13.3. The van der Waals surface area contributed by atoms with Gasteiger partial charge in [-0.3, -0.25) is 14.9 Å². The van der Waals surface area contributed by atoms with E-state index in [0.29, 0.717) is 41.3 Å². The number of hydrogen-bond acceptors (Lipinski definition) is 5. The van der Waals surface area contributed by atoms with Crippen molar-refractivity contribution in [2.45, 2.75) is 52.7 Å². The monoisotopic (exact) mass is 604 g/mol. The number of rotatable bonds is 13. The predicted octanol–water partition coefficient (Wildman–Crippen LogP) is 5.62. The lowest BCUT2D eigenvalue weighted by Crippen LogP contribution is -2.51. The van der Waals surface area contributed by atoms with Crippen LogP contribution < -0.4 is 10.6 Å². The number of hydrogen-bond donors (Lipinski definition) is 2. The molecular formula is C28H34Cl2N6O3S. The zero-order valence-corrected chi connectivity index (χ0v) is 25.1. The fraction of sp³-hybridized carbons (Fsp3) is 0.393. The van der Waals surface area contributed by atoms with Crippen LogP contribution in [0.1, 0.15) is 44.0 Å². The highest BCUT2D eigenvalue weighted by atomic mass is 35.5. The summed E-state index contributed by atoms with van der Waals surface area (Å²) >= 11 is 18.4. The number of carbonyl (C=O) groups excluding carboxylic acids is 1. The van der Waals surface area contributed by atoms with Crippen molar-refractivity contribution in [3.8, 4) is 0 Å². The van der Waals surface area contributed by atoms with Gasteiger partial charge in [0.2, 0.25) is 5.91 Å². The molecule has 1 heterocycles. The van der Waals surface area contributed by atoms with Gasteiger partial charge in [-0.25, -0.2) is 4.98 Å². The summed E-state index contributed by atoms with van der Waals surface area (Å²) in [5.41, 5.74) is 2.49. The molecule has 3 rings (SSSR count). The molecule has 40 heavy (non-hydrogen) atoms. The molecule has 214 valence electrons. The molecule has 0 spiro atoms. The van der Waals surface area contributed by atoms with E-state index in [-0.39, 0.29) is 30.0 Å². The average molecular weight is 606 g/mol. The minimum absolute atomic E-state index is 0.0327. The van der Waals surface area contributed by atoms with E-state index in [1.165, 1.54) is 12.1 Å². The summed E-state index contributed by atoms with van der Waals surface area (Å²) in [6.45, 7) is 8.20. The van der Waals surface area contributed by atoms with E-state index in [0.717, 1.165) is 23.2 Å². The van der Waals surface area contributed by atoms with Crippen molar-refractivity contribution in [1.29, 1.82) is 0 Å². The van der Waals surface area contributed by atoms with Crippen LogP contribution in [0.4, 0.5) is 5.69 Å². The number of non-ortho nitro benzene ring substituents is 1. The van der Waals surface area contributed by atoms with Crippen LogP contribution in [0.15, 0.2) is 55.0 Å². The molecule has 0 saturated carbocycles. The topological polar surface area (TPSA) is 105 Å². The highest BCUT2D eigenvalue weighted by Crippen LogP contribution is 2.27. The van der Waals surface area contributed by atoms with E-state index in [1.807, 2.05) is 28.5 Å². The quantitative estimate of drug-likeness (QED) is 0.148. The Morgan fingerprint density at radius 2 is 1.93 bits per heavy atom. The first-order valence-corrected chi connectivity index (χ1v) is 14.3. The van der Waals surface area contributed by atoms with Crippen molar-refractivity contribution in [2.75, 3.05) is 13.1 Å². The normalized spacial score (nSPS) is 12.4. The van der Waals surface area contributed by atoms with Crippen LogP contribution in [0.5, 0.6) is 0 Å². The van der Waals surface area contributed by atoms with Crippen molar-refractivity contribution in [3.63, 3.8) is 0 Å². The largest absolute Gasteiger partial charge is 0.363 e. The summed E-state index contributed by atoms with van der Waals surface area (Å²) < 4.78 is 1.87. The lowest BCUT2D eigenvalue weighted by molar-refractivity contribution is -0.384. The third-order valence-electron chi connectivity index (χ3n) is 6.74. The van der Waals surface area contributed by atoms with Gasteiger partial charge < -0.3 is 20.1 Å². The van der Waals surface area contributed by atoms with Crippen LogP contribution in [0.25, 0.3) is 0 Å². The molecule has 0 fully saturated rings. The summed E-state index contributed by atoms with van der Waals surface area (Å²) in [4.78, 5) is 30.0. The molecule has 0 aliphatic carbocycles. The second-order valence-corrected chi connectivity index (χ2v) is 10.8. The second-order valence-electron chi connectivity index (χ2n) is 9.60. The molecule has 2 aromatic carbocycles. The third-order valence-corrected chi connectivity index (χ3v) is 8.00. The Kier molecular flexibility index (Phi) is 11.7. The van der Waals surface area contributed by atoms with E-state index in [9.17, 15) is 14.9 Å². The standard InChI is InChI=1S/C28H34Cl2N6O3S/c1-4-19(3)25(17-34(28(40)32-5-2)16-21-7-6-8-24(29)27(21)30)33-26(37)13-23-14-31-18-35(23)15-20-9-11-22(12-10-20)36(38)39/h6-12,14,18-19,25H,4-5,13,15-17H2,1-3H3,(H,32,40)(H,33,37)/t19-,25+/m0/s1. The number of halogens is 2. The van der Waals surface area contributed by atoms with Gasteiger partial charge in [0.05, 0.1) is 27.7 Å². The first kappa shape index (κ1) is 31.3. The predicted molar refractivity (Wildman–Crippen MR) is 163 cm³/mol. The Hall–Kier alpha value is -3.21. The van der Waals surface area contributed by atoms with Crippen LogP contribution in [0.2, 0.25) is 10.0 Å².